The second-order valence-corrected chi connectivity index (χ2v) is 7.22. The van der Waals surface area contributed by atoms with Gasteiger partial charge in [0.15, 0.2) is 0 Å². The van der Waals surface area contributed by atoms with E-state index in [4.69, 9.17) is 0 Å². The normalized spacial score (nSPS) is 16.5. The molecule has 1 atom stereocenters. The number of carbonyl (C=O) groups is 1. The van der Waals surface area contributed by atoms with Crippen LogP contribution in [0.1, 0.15) is 29.3 Å². The van der Waals surface area contributed by atoms with E-state index in [0.717, 1.165) is 11.4 Å². The molecule has 1 aliphatic rings. The van der Waals surface area contributed by atoms with E-state index in [2.05, 4.69) is 15.6 Å². The molecule has 152 valence electrons. The smallest absolute Gasteiger partial charge is 0.349 e. The molecule has 0 spiro atoms. The Labute approximate surface area is 167 Å². The summed E-state index contributed by atoms with van der Waals surface area (Å²) in [4.78, 5) is 17.7. The van der Waals surface area contributed by atoms with Crippen LogP contribution in [0.3, 0.4) is 0 Å². The van der Waals surface area contributed by atoms with E-state index in [0.29, 0.717) is 32.1 Å². The minimum Gasteiger partial charge on any atom is -0.349 e. The van der Waals surface area contributed by atoms with Gasteiger partial charge in [0.05, 0.1) is 5.01 Å². The van der Waals surface area contributed by atoms with Gasteiger partial charge >= 0.3 is 6.18 Å². The summed E-state index contributed by atoms with van der Waals surface area (Å²) in [6.07, 6.45) is -3.63. The first-order chi connectivity index (χ1) is 11.3. The van der Waals surface area contributed by atoms with Gasteiger partial charge < -0.3 is 10.6 Å². The standard InChI is InChI=1S/C15H23F3N4OS.2ClH/c1-10(2)7-13-21-11(9-24-13)14(23)20-8-12(15(16,17)18)22-5-3-19-4-6-22;;/h9-10,12,19H,3-8H2,1-2H3,(H,20,23);2*1H. The number of amides is 1. The average Bonchev–Trinajstić information content (AvgIpc) is 2.94. The van der Waals surface area contributed by atoms with Crippen molar-refractivity contribution in [3.8, 4) is 0 Å². The van der Waals surface area contributed by atoms with Crippen LogP contribution in [0, 0.1) is 5.92 Å². The molecule has 11 heteroatoms. The summed E-state index contributed by atoms with van der Waals surface area (Å²) in [5.41, 5.74) is 0.192. The monoisotopic (exact) mass is 436 g/mol. The van der Waals surface area contributed by atoms with Crippen molar-refractivity contribution in [2.75, 3.05) is 32.7 Å². The topological polar surface area (TPSA) is 57.3 Å². The Morgan fingerprint density at radius 2 is 1.96 bits per heavy atom. The molecule has 1 saturated heterocycles. The van der Waals surface area contributed by atoms with Crippen LogP contribution in [0.4, 0.5) is 13.2 Å². The van der Waals surface area contributed by atoms with Crippen molar-refractivity contribution in [1.82, 2.24) is 20.5 Å². The highest BCUT2D eigenvalue weighted by molar-refractivity contribution is 7.09. The summed E-state index contributed by atoms with van der Waals surface area (Å²) >= 11 is 1.36. The van der Waals surface area contributed by atoms with Crippen molar-refractivity contribution in [3.05, 3.63) is 16.1 Å². The van der Waals surface area contributed by atoms with Crippen molar-refractivity contribution < 1.29 is 18.0 Å². The lowest BCUT2D eigenvalue weighted by Crippen LogP contribution is -2.57. The van der Waals surface area contributed by atoms with Gasteiger partial charge in [-0.1, -0.05) is 13.8 Å². The van der Waals surface area contributed by atoms with Gasteiger partial charge in [0.25, 0.3) is 5.91 Å². The van der Waals surface area contributed by atoms with E-state index in [1.54, 1.807) is 5.38 Å². The molecule has 1 aromatic rings. The molecule has 1 aliphatic heterocycles. The Kier molecular flexibility index (Phi) is 11.0. The summed E-state index contributed by atoms with van der Waals surface area (Å²) in [5.74, 6) is -0.139. The van der Waals surface area contributed by atoms with Crippen LogP contribution >= 0.6 is 36.2 Å². The summed E-state index contributed by atoms with van der Waals surface area (Å²) in [5, 5.41) is 7.84. The van der Waals surface area contributed by atoms with E-state index in [1.165, 1.54) is 16.2 Å². The van der Waals surface area contributed by atoms with Gasteiger partial charge in [0.2, 0.25) is 0 Å². The van der Waals surface area contributed by atoms with Gasteiger partial charge in [-0.2, -0.15) is 13.2 Å². The molecule has 0 saturated carbocycles. The zero-order valence-corrected chi connectivity index (χ0v) is 17.1. The Bertz CT molecular complexity index is 551. The molecule has 1 unspecified atom stereocenters. The van der Waals surface area contributed by atoms with Gasteiger partial charge in [-0.05, 0) is 5.92 Å². The molecular weight excluding hydrogens is 412 g/mol. The number of carbonyl (C=O) groups excluding carboxylic acids is 1. The lowest BCUT2D eigenvalue weighted by Gasteiger charge is -2.35. The maximum absolute atomic E-state index is 13.3. The third kappa shape index (κ3) is 7.56. The van der Waals surface area contributed by atoms with E-state index in [1.807, 2.05) is 13.8 Å². The van der Waals surface area contributed by atoms with E-state index in [9.17, 15) is 18.0 Å². The first kappa shape index (κ1) is 25.4. The van der Waals surface area contributed by atoms with Gasteiger partial charge in [-0.3, -0.25) is 9.69 Å². The zero-order chi connectivity index (χ0) is 17.7. The molecule has 0 bridgehead atoms. The number of halogens is 5. The fourth-order valence-electron chi connectivity index (χ4n) is 2.58. The summed E-state index contributed by atoms with van der Waals surface area (Å²) in [6, 6.07) is -1.67. The molecular formula is C15H25Cl2F3N4OS. The predicted molar refractivity (Wildman–Crippen MR) is 102 cm³/mol. The Morgan fingerprint density at radius 1 is 1.35 bits per heavy atom. The maximum atomic E-state index is 13.3. The van der Waals surface area contributed by atoms with Crippen LogP contribution in [0.5, 0.6) is 0 Å². The van der Waals surface area contributed by atoms with Crippen molar-refractivity contribution >= 4 is 42.1 Å². The van der Waals surface area contributed by atoms with Gasteiger partial charge in [-0.25, -0.2) is 4.98 Å². The summed E-state index contributed by atoms with van der Waals surface area (Å²) < 4.78 is 39.8. The number of hydrogen-bond acceptors (Lipinski definition) is 5. The number of nitrogens with zero attached hydrogens (tertiary/aromatic N) is 2. The number of alkyl halides is 3. The Balaban J connectivity index is 0.00000312. The molecule has 1 fully saturated rings. The molecule has 26 heavy (non-hydrogen) atoms. The minimum atomic E-state index is -4.38. The molecule has 0 aliphatic carbocycles. The molecule has 0 aromatic carbocycles. The largest absolute Gasteiger partial charge is 0.405 e. The molecule has 5 nitrogen and oxygen atoms in total. The minimum absolute atomic E-state index is 0. The number of hydrogen-bond donors (Lipinski definition) is 2. The highest BCUT2D eigenvalue weighted by Gasteiger charge is 2.43. The number of rotatable bonds is 6. The van der Waals surface area contributed by atoms with Crippen LogP contribution in [0.2, 0.25) is 0 Å². The van der Waals surface area contributed by atoms with Crippen LogP contribution in [-0.2, 0) is 6.42 Å². The molecule has 2 rings (SSSR count). The quantitative estimate of drug-likeness (QED) is 0.719. The van der Waals surface area contributed by atoms with Gasteiger partial charge in [0, 0.05) is 44.5 Å². The summed E-state index contributed by atoms with van der Waals surface area (Å²) in [7, 11) is 0. The lowest BCUT2D eigenvalue weighted by atomic mass is 10.1. The van der Waals surface area contributed by atoms with Crippen LogP contribution < -0.4 is 10.6 Å². The first-order valence-electron chi connectivity index (χ1n) is 8.01. The Hall–Kier alpha value is -0.610. The second kappa shape index (κ2) is 11.3. The van der Waals surface area contributed by atoms with Crippen molar-refractivity contribution in [2.24, 2.45) is 5.92 Å². The van der Waals surface area contributed by atoms with E-state index >= 15 is 0 Å². The SMILES string of the molecule is CC(C)Cc1nc(C(=O)NCC(N2CCNCC2)C(F)(F)F)cs1.Cl.Cl. The predicted octanol–water partition coefficient (Wildman–Crippen LogP) is 2.75. The molecule has 0 radical (unpaired) electrons. The number of thiazole rings is 1. The highest BCUT2D eigenvalue weighted by Crippen LogP contribution is 2.25. The number of piperazine rings is 1. The average molecular weight is 437 g/mol. The van der Waals surface area contributed by atoms with Gasteiger partial charge in [0.1, 0.15) is 11.7 Å². The molecule has 1 amide bonds. The highest BCUT2D eigenvalue weighted by atomic mass is 35.5. The second-order valence-electron chi connectivity index (χ2n) is 6.28. The van der Waals surface area contributed by atoms with E-state index in [-0.39, 0.29) is 30.5 Å². The fraction of sp³-hybridized carbons (Fsp3) is 0.733. The van der Waals surface area contributed by atoms with Crippen molar-refractivity contribution in [2.45, 2.75) is 32.5 Å². The fourth-order valence-corrected chi connectivity index (χ4v) is 3.57. The number of aromatic nitrogens is 1. The zero-order valence-electron chi connectivity index (χ0n) is 14.6. The summed E-state index contributed by atoms with van der Waals surface area (Å²) in [6.45, 7) is 5.30. The number of nitrogens with one attached hydrogen (secondary N) is 2. The van der Waals surface area contributed by atoms with Crippen LogP contribution in [-0.4, -0.2) is 60.7 Å². The molecule has 2 heterocycles. The van der Waals surface area contributed by atoms with Gasteiger partial charge in [-0.15, -0.1) is 36.2 Å². The Morgan fingerprint density at radius 3 is 2.50 bits per heavy atom. The van der Waals surface area contributed by atoms with Crippen molar-refractivity contribution in [3.63, 3.8) is 0 Å². The van der Waals surface area contributed by atoms with Crippen LogP contribution in [0.25, 0.3) is 0 Å². The third-order valence-corrected chi connectivity index (χ3v) is 4.66. The van der Waals surface area contributed by atoms with E-state index < -0.39 is 24.7 Å². The third-order valence-electron chi connectivity index (χ3n) is 3.79. The lowest BCUT2D eigenvalue weighted by molar-refractivity contribution is -0.183. The molecule has 1 aromatic heterocycles. The molecule has 2 N–H and O–H groups in total. The maximum Gasteiger partial charge on any atom is 0.405 e. The van der Waals surface area contributed by atoms with Crippen LogP contribution in [0.15, 0.2) is 5.38 Å². The first-order valence-corrected chi connectivity index (χ1v) is 8.89. The van der Waals surface area contributed by atoms with Crippen molar-refractivity contribution in [1.29, 1.82) is 0 Å².